The number of hydrogen-bond acceptors (Lipinski definition) is 7. The topological polar surface area (TPSA) is 95.2 Å². The second-order valence-electron chi connectivity index (χ2n) is 8.79. The van der Waals surface area contributed by atoms with E-state index in [1.54, 1.807) is 23.0 Å². The van der Waals surface area contributed by atoms with Crippen molar-refractivity contribution in [3.63, 3.8) is 0 Å². The van der Waals surface area contributed by atoms with Gasteiger partial charge < -0.3 is 20.1 Å². The number of nitrogens with zero attached hydrogens (tertiary/aromatic N) is 5. The zero-order valence-corrected chi connectivity index (χ0v) is 21.1. The molecule has 0 radical (unpaired) electrons. The van der Waals surface area contributed by atoms with Gasteiger partial charge in [-0.3, -0.25) is 9.69 Å². The number of piperazine rings is 1. The fourth-order valence-electron chi connectivity index (χ4n) is 4.47. The van der Waals surface area contributed by atoms with E-state index in [1.165, 1.54) is 0 Å². The number of carbonyl (C=O) groups is 1. The zero-order valence-electron chi connectivity index (χ0n) is 20.4. The lowest BCUT2D eigenvalue weighted by Gasteiger charge is -2.36. The largest absolute Gasteiger partial charge is 0.394 e. The lowest BCUT2D eigenvalue weighted by molar-refractivity contribution is 0.0724. The van der Waals surface area contributed by atoms with E-state index in [4.69, 9.17) is 21.4 Å². The van der Waals surface area contributed by atoms with Crippen molar-refractivity contribution in [3.05, 3.63) is 77.7 Å². The monoisotopic (exact) mass is 520 g/mol. The van der Waals surface area contributed by atoms with Crippen molar-refractivity contribution in [1.82, 2.24) is 19.5 Å². The summed E-state index contributed by atoms with van der Waals surface area (Å²) in [6, 6.07) is 17.0. The highest BCUT2D eigenvalue weighted by atomic mass is 35.5. The van der Waals surface area contributed by atoms with Crippen LogP contribution in [-0.2, 0) is 4.74 Å². The van der Waals surface area contributed by atoms with Gasteiger partial charge in [0, 0.05) is 49.5 Å². The minimum absolute atomic E-state index is 0.0468. The number of carbonyl (C=O) groups excluding carboxylic acids is 1. The Balaban J connectivity index is 1.29. The summed E-state index contributed by atoms with van der Waals surface area (Å²) in [5, 5.41) is 16.9. The zero-order chi connectivity index (χ0) is 25.6. The molecule has 37 heavy (non-hydrogen) atoms. The number of hydrogen-bond donors (Lipinski definition) is 2. The molecule has 1 aliphatic heterocycles. The van der Waals surface area contributed by atoms with Crippen LogP contribution in [0.4, 0.5) is 11.4 Å². The van der Waals surface area contributed by atoms with Gasteiger partial charge in [-0.25, -0.2) is 9.50 Å². The van der Waals surface area contributed by atoms with Crippen molar-refractivity contribution in [3.8, 4) is 11.1 Å². The average Bonchev–Trinajstić information content (AvgIpc) is 3.35. The summed E-state index contributed by atoms with van der Waals surface area (Å²) >= 11 is 6.17. The minimum atomic E-state index is -0.284. The number of aromatic nitrogens is 3. The quantitative estimate of drug-likeness (QED) is 0.326. The third-order valence-electron chi connectivity index (χ3n) is 6.39. The third-order valence-corrected chi connectivity index (χ3v) is 6.63. The number of rotatable bonds is 9. The maximum absolute atomic E-state index is 13.3. The molecule has 0 aliphatic carbocycles. The van der Waals surface area contributed by atoms with Gasteiger partial charge in [0.2, 0.25) is 0 Å². The number of benzene rings is 2. The molecule has 192 valence electrons. The predicted molar refractivity (Wildman–Crippen MR) is 144 cm³/mol. The van der Waals surface area contributed by atoms with E-state index in [-0.39, 0.29) is 12.5 Å². The van der Waals surface area contributed by atoms with E-state index < -0.39 is 0 Å². The summed E-state index contributed by atoms with van der Waals surface area (Å²) < 4.78 is 7.04. The first-order valence-corrected chi connectivity index (χ1v) is 12.7. The average molecular weight is 521 g/mol. The number of amides is 1. The van der Waals surface area contributed by atoms with Gasteiger partial charge in [-0.15, -0.1) is 0 Å². The van der Waals surface area contributed by atoms with E-state index in [9.17, 15) is 4.79 Å². The standard InChI is InChI=1S/C27H29ClN6O3/c28-21-5-3-4-20(18-21)22-19-29-34-9-8-24(30-26(22)34)27(36)31-23-6-1-2-7-25(23)33-12-10-32(11-13-33)14-16-37-17-15-35/h1-9,18-19,35H,10-17H2,(H,31,36). The third kappa shape index (κ3) is 5.91. The van der Waals surface area contributed by atoms with Crippen LogP contribution in [0.5, 0.6) is 0 Å². The number of ether oxygens (including phenoxy) is 1. The van der Waals surface area contributed by atoms with Crippen LogP contribution in [0, 0.1) is 0 Å². The van der Waals surface area contributed by atoms with E-state index in [2.05, 4.69) is 25.2 Å². The number of nitrogens with one attached hydrogen (secondary N) is 1. The molecule has 4 aromatic rings. The summed E-state index contributed by atoms with van der Waals surface area (Å²) in [7, 11) is 0. The SMILES string of the molecule is O=C(Nc1ccccc1N1CCN(CCOCCO)CC1)c1ccn2ncc(-c3cccc(Cl)c3)c2n1. The molecule has 0 saturated carbocycles. The predicted octanol–water partition coefficient (Wildman–Crippen LogP) is 3.43. The van der Waals surface area contributed by atoms with Crippen LogP contribution < -0.4 is 10.2 Å². The van der Waals surface area contributed by atoms with Gasteiger partial charge in [0.25, 0.3) is 5.91 Å². The molecule has 1 fully saturated rings. The van der Waals surface area contributed by atoms with Crippen molar-refractivity contribution in [2.24, 2.45) is 0 Å². The van der Waals surface area contributed by atoms with Crippen molar-refractivity contribution in [2.45, 2.75) is 0 Å². The van der Waals surface area contributed by atoms with Gasteiger partial charge in [0.05, 0.1) is 37.4 Å². The van der Waals surface area contributed by atoms with Gasteiger partial charge in [-0.1, -0.05) is 35.9 Å². The lowest BCUT2D eigenvalue weighted by atomic mass is 10.1. The molecule has 1 saturated heterocycles. The highest BCUT2D eigenvalue weighted by molar-refractivity contribution is 6.30. The number of halogens is 1. The van der Waals surface area contributed by atoms with E-state index in [0.717, 1.165) is 55.2 Å². The Morgan fingerprint density at radius 1 is 1.05 bits per heavy atom. The highest BCUT2D eigenvalue weighted by Gasteiger charge is 2.20. The molecule has 1 aliphatic rings. The first-order chi connectivity index (χ1) is 18.1. The van der Waals surface area contributed by atoms with Crippen LogP contribution in [0.3, 0.4) is 0 Å². The van der Waals surface area contributed by atoms with E-state index in [1.807, 2.05) is 48.5 Å². The van der Waals surface area contributed by atoms with Crippen LogP contribution >= 0.6 is 11.6 Å². The maximum atomic E-state index is 13.3. The molecule has 5 rings (SSSR count). The molecule has 3 heterocycles. The Bertz CT molecular complexity index is 1370. The fourth-order valence-corrected chi connectivity index (χ4v) is 4.66. The Hall–Kier alpha value is -3.50. The van der Waals surface area contributed by atoms with Gasteiger partial charge in [0.15, 0.2) is 5.65 Å². The molecule has 1 amide bonds. The first-order valence-electron chi connectivity index (χ1n) is 12.3. The van der Waals surface area contributed by atoms with Crippen LogP contribution in [0.15, 0.2) is 67.0 Å². The fraction of sp³-hybridized carbons (Fsp3) is 0.296. The molecule has 10 heteroatoms. The smallest absolute Gasteiger partial charge is 0.274 e. The first kappa shape index (κ1) is 25.2. The summed E-state index contributed by atoms with van der Waals surface area (Å²) in [6.45, 7) is 5.36. The molecule has 0 unspecified atom stereocenters. The van der Waals surface area contributed by atoms with Crippen LogP contribution in [0.25, 0.3) is 16.8 Å². The highest BCUT2D eigenvalue weighted by Crippen LogP contribution is 2.28. The summed E-state index contributed by atoms with van der Waals surface area (Å²) in [5.41, 5.74) is 4.31. The number of fused-ring (bicyclic) bond motifs is 1. The number of anilines is 2. The normalized spacial score (nSPS) is 14.3. The van der Waals surface area contributed by atoms with E-state index in [0.29, 0.717) is 29.6 Å². The van der Waals surface area contributed by atoms with E-state index >= 15 is 0 Å². The summed E-state index contributed by atoms with van der Waals surface area (Å²) in [5.74, 6) is -0.284. The van der Waals surface area contributed by atoms with Crippen molar-refractivity contribution in [2.75, 3.05) is 62.8 Å². The number of aliphatic hydroxyl groups excluding tert-OH is 1. The Kier molecular flexibility index (Phi) is 7.96. The van der Waals surface area contributed by atoms with Gasteiger partial charge >= 0.3 is 0 Å². The summed E-state index contributed by atoms with van der Waals surface area (Å²) in [4.78, 5) is 22.5. The molecular weight excluding hydrogens is 492 g/mol. The lowest BCUT2D eigenvalue weighted by Crippen LogP contribution is -2.47. The van der Waals surface area contributed by atoms with Crippen LogP contribution in [0.1, 0.15) is 10.5 Å². The van der Waals surface area contributed by atoms with Crippen molar-refractivity contribution in [1.29, 1.82) is 0 Å². The Morgan fingerprint density at radius 3 is 2.70 bits per heavy atom. The van der Waals surface area contributed by atoms with Crippen molar-refractivity contribution < 1.29 is 14.6 Å². The Labute approximate surface area is 220 Å². The minimum Gasteiger partial charge on any atom is -0.394 e. The molecule has 2 N–H and O–H groups in total. The molecule has 0 atom stereocenters. The molecule has 2 aromatic carbocycles. The maximum Gasteiger partial charge on any atom is 0.274 e. The summed E-state index contributed by atoms with van der Waals surface area (Å²) in [6.07, 6.45) is 3.46. The van der Waals surface area contributed by atoms with Gasteiger partial charge in [0.1, 0.15) is 5.69 Å². The van der Waals surface area contributed by atoms with Crippen LogP contribution in [0.2, 0.25) is 5.02 Å². The van der Waals surface area contributed by atoms with Gasteiger partial charge in [-0.05, 0) is 35.9 Å². The molecule has 0 bridgehead atoms. The second-order valence-corrected chi connectivity index (χ2v) is 9.22. The molecule has 2 aromatic heterocycles. The number of aliphatic hydroxyl groups is 1. The van der Waals surface area contributed by atoms with Gasteiger partial charge in [-0.2, -0.15) is 5.10 Å². The second kappa shape index (κ2) is 11.7. The number of para-hydroxylation sites is 2. The van der Waals surface area contributed by atoms with Crippen LogP contribution in [-0.4, -0.2) is 83.1 Å². The Morgan fingerprint density at radius 2 is 1.89 bits per heavy atom. The van der Waals surface area contributed by atoms with Crippen molar-refractivity contribution >= 4 is 34.5 Å². The molecule has 9 nitrogen and oxygen atoms in total. The molecular formula is C27H29ClN6O3. The molecule has 0 spiro atoms.